The van der Waals surface area contributed by atoms with E-state index >= 15 is 0 Å². The minimum absolute atomic E-state index is 0.0472. The van der Waals surface area contributed by atoms with Crippen LogP contribution in [0.5, 0.6) is 0 Å². The molecule has 0 saturated heterocycles. The normalized spacial score (nSPS) is 10.4. The summed E-state index contributed by atoms with van der Waals surface area (Å²) in [4.78, 5) is 29.6. The number of thiazole rings is 1. The molecule has 2 aromatic heterocycles. The van der Waals surface area contributed by atoms with Crippen molar-refractivity contribution >= 4 is 45.3 Å². The lowest BCUT2D eigenvalue weighted by atomic mass is 10.1. The van der Waals surface area contributed by atoms with Gasteiger partial charge >= 0.3 is 0 Å². The monoisotopic (exact) mass is 371 g/mol. The van der Waals surface area contributed by atoms with Gasteiger partial charge in [-0.15, -0.1) is 22.7 Å². The Kier molecular flexibility index (Phi) is 5.92. The van der Waals surface area contributed by atoms with Gasteiger partial charge in [0, 0.05) is 34.1 Å². The predicted molar refractivity (Wildman–Crippen MR) is 102 cm³/mol. The van der Waals surface area contributed by atoms with Crippen molar-refractivity contribution in [3.8, 4) is 0 Å². The average Bonchev–Trinajstić information content (AvgIpc) is 3.29. The lowest BCUT2D eigenvalue weighted by Gasteiger charge is -2.07. The van der Waals surface area contributed by atoms with E-state index in [9.17, 15) is 9.59 Å². The fourth-order valence-corrected chi connectivity index (χ4v) is 3.57. The van der Waals surface area contributed by atoms with Crippen LogP contribution in [0.4, 0.5) is 10.8 Å². The second kappa shape index (κ2) is 8.55. The van der Waals surface area contributed by atoms with Gasteiger partial charge in [-0.3, -0.25) is 14.9 Å². The molecular formula is C18H17N3O2S2. The molecule has 2 heterocycles. The number of hydrogen-bond donors (Lipinski definition) is 2. The summed E-state index contributed by atoms with van der Waals surface area (Å²) in [5.74, 6) is -0.294. The standard InChI is InChI=1S/C18H17N3O2S2/c22-16(8-2-6-15-7-3-10-24-15)20-14-5-1-4-13(12-14)17(23)21-18-19-9-11-25-18/h1,3-5,7,9-12H,2,6,8H2,(H,20,22)(H,19,21,23). The van der Waals surface area contributed by atoms with Gasteiger partial charge < -0.3 is 5.32 Å². The number of aryl methyl sites for hydroxylation is 1. The van der Waals surface area contributed by atoms with Crippen LogP contribution in [0.2, 0.25) is 0 Å². The smallest absolute Gasteiger partial charge is 0.257 e. The molecule has 128 valence electrons. The molecule has 0 aliphatic heterocycles. The Morgan fingerprint density at radius 2 is 1.96 bits per heavy atom. The Labute approximate surface area is 153 Å². The summed E-state index contributed by atoms with van der Waals surface area (Å²) < 4.78 is 0. The topological polar surface area (TPSA) is 71.1 Å². The van der Waals surface area contributed by atoms with Gasteiger partial charge in [-0.25, -0.2) is 4.98 Å². The van der Waals surface area contributed by atoms with Gasteiger partial charge in [0.15, 0.2) is 5.13 Å². The molecule has 0 unspecified atom stereocenters. The number of rotatable bonds is 7. The van der Waals surface area contributed by atoms with Crippen LogP contribution >= 0.6 is 22.7 Å². The van der Waals surface area contributed by atoms with Crippen molar-refractivity contribution in [1.29, 1.82) is 0 Å². The third-order valence-electron chi connectivity index (χ3n) is 3.47. The van der Waals surface area contributed by atoms with Gasteiger partial charge in [0.1, 0.15) is 0 Å². The zero-order valence-electron chi connectivity index (χ0n) is 13.4. The van der Waals surface area contributed by atoms with E-state index in [2.05, 4.69) is 21.7 Å². The van der Waals surface area contributed by atoms with Crippen molar-refractivity contribution in [2.45, 2.75) is 19.3 Å². The van der Waals surface area contributed by atoms with Gasteiger partial charge in [0.25, 0.3) is 5.91 Å². The largest absolute Gasteiger partial charge is 0.326 e. The summed E-state index contributed by atoms with van der Waals surface area (Å²) in [6, 6.07) is 11.0. The van der Waals surface area contributed by atoms with E-state index in [0.717, 1.165) is 12.8 Å². The van der Waals surface area contributed by atoms with Gasteiger partial charge in [0.05, 0.1) is 0 Å². The minimum Gasteiger partial charge on any atom is -0.326 e. The summed E-state index contributed by atoms with van der Waals surface area (Å²) in [6.45, 7) is 0. The molecule has 0 aliphatic rings. The second-order valence-corrected chi connectivity index (χ2v) is 7.28. The highest BCUT2D eigenvalue weighted by molar-refractivity contribution is 7.13. The third-order valence-corrected chi connectivity index (χ3v) is 5.09. The molecule has 5 nitrogen and oxygen atoms in total. The minimum atomic E-state index is -0.247. The van der Waals surface area contributed by atoms with Crippen LogP contribution < -0.4 is 10.6 Å². The van der Waals surface area contributed by atoms with Crippen LogP contribution in [0.25, 0.3) is 0 Å². The number of nitrogens with zero attached hydrogens (tertiary/aromatic N) is 1. The summed E-state index contributed by atoms with van der Waals surface area (Å²) >= 11 is 3.06. The van der Waals surface area contributed by atoms with Crippen LogP contribution in [-0.2, 0) is 11.2 Å². The maximum absolute atomic E-state index is 12.2. The van der Waals surface area contributed by atoms with Gasteiger partial charge in [-0.1, -0.05) is 12.1 Å². The van der Waals surface area contributed by atoms with Crippen LogP contribution in [0.3, 0.4) is 0 Å². The van der Waals surface area contributed by atoms with E-state index in [1.165, 1.54) is 16.2 Å². The molecule has 3 aromatic rings. The maximum Gasteiger partial charge on any atom is 0.257 e. The number of thiophene rings is 1. The number of amides is 2. The first-order valence-corrected chi connectivity index (χ1v) is 9.60. The Bertz CT molecular complexity index is 830. The first kappa shape index (κ1) is 17.3. The quantitative estimate of drug-likeness (QED) is 0.646. The van der Waals surface area contributed by atoms with Crippen LogP contribution in [0, 0.1) is 0 Å². The summed E-state index contributed by atoms with van der Waals surface area (Å²) in [5.41, 5.74) is 1.10. The van der Waals surface area contributed by atoms with E-state index in [-0.39, 0.29) is 11.8 Å². The van der Waals surface area contributed by atoms with E-state index in [1.807, 2.05) is 11.4 Å². The first-order valence-electron chi connectivity index (χ1n) is 7.84. The first-order chi connectivity index (χ1) is 12.2. The summed E-state index contributed by atoms with van der Waals surface area (Å²) in [5, 5.41) is 9.96. The van der Waals surface area contributed by atoms with Crippen molar-refractivity contribution in [3.05, 3.63) is 63.8 Å². The lowest BCUT2D eigenvalue weighted by molar-refractivity contribution is -0.116. The van der Waals surface area contributed by atoms with Crippen molar-refractivity contribution in [2.75, 3.05) is 10.6 Å². The van der Waals surface area contributed by atoms with Crippen molar-refractivity contribution < 1.29 is 9.59 Å². The number of carbonyl (C=O) groups excluding carboxylic acids is 2. The van der Waals surface area contributed by atoms with E-state index in [0.29, 0.717) is 22.8 Å². The molecule has 0 atom stereocenters. The Morgan fingerprint density at radius 3 is 2.72 bits per heavy atom. The second-order valence-electron chi connectivity index (χ2n) is 5.35. The molecular weight excluding hydrogens is 354 g/mol. The number of benzene rings is 1. The third kappa shape index (κ3) is 5.23. The Balaban J connectivity index is 1.52. The number of anilines is 2. The number of aromatic nitrogens is 1. The summed E-state index contributed by atoms with van der Waals surface area (Å²) in [6.07, 6.45) is 3.79. The molecule has 1 aromatic carbocycles. The molecule has 0 fully saturated rings. The zero-order chi connectivity index (χ0) is 17.5. The van der Waals surface area contributed by atoms with Crippen molar-refractivity contribution in [2.24, 2.45) is 0 Å². The average molecular weight is 371 g/mol. The highest BCUT2D eigenvalue weighted by Gasteiger charge is 2.09. The predicted octanol–water partition coefficient (Wildman–Crippen LogP) is 4.42. The zero-order valence-corrected chi connectivity index (χ0v) is 15.0. The fourth-order valence-electron chi connectivity index (χ4n) is 2.29. The Morgan fingerprint density at radius 1 is 1.04 bits per heavy atom. The number of hydrogen-bond acceptors (Lipinski definition) is 5. The van der Waals surface area contributed by atoms with Crippen molar-refractivity contribution in [3.63, 3.8) is 0 Å². The fraction of sp³-hybridized carbons (Fsp3) is 0.167. The summed E-state index contributed by atoms with van der Waals surface area (Å²) in [7, 11) is 0. The van der Waals surface area contributed by atoms with Gasteiger partial charge in [-0.2, -0.15) is 0 Å². The highest BCUT2D eigenvalue weighted by Crippen LogP contribution is 2.16. The molecule has 3 rings (SSSR count). The molecule has 0 radical (unpaired) electrons. The Hall–Kier alpha value is -2.51. The maximum atomic E-state index is 12.2. The van der Waals surface area contributed by atoms with Crippen LogP contribution in [0.1, 0.15) is 28.1 Å². The van der Waals surface area contributed by atoms with E-state index in [4.69, 9.17) is 0 Å². The highest BCUT2D eigenvalue weighted by atomic mass is 32.1. The molecule has 7 heteroatoms. The van der Waals surface area contributed by atoms with E-state index in [1.54, 1.807) is 47.2 Å². The number of nitrogens with one attached hydrogen (secondary N) is 2. The van der Waals surface area contributed by atoms with E-state index < -0.39 is 0 Å². The number of carbonyl (C=O) groups is 2. The molecule has 25 heavy (non-hydrogen) atoms. The SMILES string of the molecule is O=C(CCCc1cccs1)Nc1cccc(C(=O)Nc2nccs2)c1. The molecule has 2 amide bonds. The van der Waals surface area contributed by atoms with Crippen LogP contribution in [0.15, 0.2) is 53.4 Å². The lowest BCUT2D eigenvalue weighted by Crippen LogP contribution is -2.14. The van der Waals surface area contributed by atoms with Crippen molar-refractivity contribution in [1.82, 2.24) is 4.98 Å². The van der Waals surface area contributed by atoms with Gasteiger partial charge in [0.2, 0.25) is 5.91 Å². The molecule has 0 bridgehead atoms. The molecule has 0 aliphatic carbocycles. The molecule has 0 saturated carbocycles. The van der Waals surface area contributed by atoms with Crippen LogP contribution in [-0.4, -0.2) is 16.8 Å². The van der Waals surface area contributed by atoms with Gasteiger partial charge in [-0.05, 0) is 42.5 Å². The molecule has 2 N–H and O–H groups in total. The molecule has 0 spiro atoms.